The van der Waals surface area contributed by atoms with E-state index in [9.17, 15) is 13.2 Å². The zero-order valence-corrected chi connectivity index (χ0v) is 17.9. The van der Waals surface area contributed by atoms with Gasteiger partial charge in [0.2, 0.25) is 0 Å². The molecule has 2 aliphatic rings. The number of nitrogens with two attached hydrogens (primary N) is 2. The number of aryl methyl sites for hydroxylation is 1. The molecular formula is C24H25F3N6. The minimum Gasteiger partial charge on any atom is -0.397 e. The fourth-order valence-electron chi connectivity index (χ4n) is 4.63. The Morgan fingerprint density at radius 2 is 1.91 bits per heavy atom. The number of fused-ring (bicyclic) bond motifs is 1. The van der Waals surface area contributed by atoms with Crippen molar-refractivity contribution in [1.29, 1.82) is 0 Å². The van der Waals surface area contributed by atoms with Crippen LogP contribution in [0.5, 0.6) is 0 Å². The summed E-state index contributed by atoms with van der Waals surface area (Å²) in [6.07, 6.45) is 5.11. The lowest BCUT2D eigenvalue weighted by Gasteiger charge is -2.14. The zero-order valence-electron chi connectivity index (χ0n) is 17.9. The second-order valence-corrected chi connectivity index (χ2v) is 8.78. The average molecular weight is 455 g/mol. The molecule has 1 aromatic carbocycles. The van der Waals surface area contributed by atoms with Crippen LogP contribution in [-0.4, -0.2) is 20.7 Å². The van der Waals surface area contributed by atoms with E-state index < -0.39 is 17.6 Å². The summed E-state index contributed by atoms with van der Waals surface area (Å²) in [7, 11) is 0. The lowest BCUT2D eigenvalue weighted by molar-refractivity contribution is -0.0961. The molecule has 1 saturated carbocycles. The number of aromatic nitrogens is 3. The molecule has 5 N–H and O–H groups in total. The van der Waals surface area contributed by atoms with Gasteiger partial charge in [-0.15, -0.1) is 0 Å². The molecular weight excluding hydrogens is 429 g/mol. The van der Waals surface area contributed by atoms with Crippen LogP contribution in [0.4, 0.5) is 13.2 Å². The maximum Gasteiger partial charge on any atom is 0.434 e. The van der Waals surface area contributed by atoms with Gasteiger partial charge in [-0.25, -0.2) is 4.98 Å². The average Bonchev–Trinajstić information content (AvgIpc) is 3.42. The van der Waals surface area contributed by atoms with Crippen LogP contribution in [0, 0.1) is 0 Å². The quantitative estimate of drug-likeness (QED) is 0.383. The first-order chi connectivity index (χ1) is 15.8. The lowest BCUT2D eigenvalue weighted by atomic mass is 9.98. The molecule has 0 radical (unpaired) electrons. The Labute approximate surface area is 189 Å². The molecule has 0 amide bonds. The van der Waals surface area contributed by atoms with E-state index in [0.717, 1.165) is 25.3 Å². The SMILES string of the molecule is NN/C(=C(\N)c1ccnc(-c2cn(CC3CCc4cc(C5CC5)ccc43)cn2)c1)C(F)(F)F. The Morgan fingerprint density at radius 1 is 1.09 bits per heavy atom. The molecule has 2 aliphatic carbocycles. The molecule has 0 saturated heterocycles. The Bertz CT molecular complexity index is 1210. The van der Waals surface area contributed by atoms with Crippen molar-refractivity contribution in [3.63, 3.8) is 0 Å². The number of imidazole rings is 1. The number of pyridine rings is 1. The van der Waals surface area contributed by atoms with Crippen molar-refractivity contribution in [2.45, 2.75) is 50.2 Å². The minimum absolute atomic E-state index is 0.163. The Balaban J connectivity index is 1.35. The fourth-order valence-corrected chi connectivity index (χ4v) is 4.63. The fraction of sp³-hybridized carbons (Fsp3) is 0.333. The van der Waals surface area contributed by atoms with Crippen molar-refractivity contribution in [3.05, 3.63) is 77.0 Å². The summed E-state index contributed by atoms with van der Waals surface area (Å²) in [6.45, 7) is 0.791. The molecule has 172 valence electrons. The number of hydrogen-bond donors (Lipinski definition) is 3. The second-order valence-electron chi connectivity index (χ2n) is 8.78. The normalized spacial score (nSPS) is 18.7. The standard InChI is InChI=1S/C24H25F3N6/c25-24(26,27)23(32-29)22(28)17-7-8-30-20(10-17)21-12-33(13-31-21)11-18-4-3-16-9-15(14-1-2-14)5-6-19(16)18/h5-10,12-14,18,32H,1-4,11,28-29H2/b23-22-. The van der Waals surface area contributed by atoms with Crippen LogP contribution in [0.25, 0.3) is 17.1 Å². The van der Waals surface area contributed by atoms with E-state index in [1.807, 2.05) is 10.8 Å². The molecule has 0 bridgehead atoms. The van der Waals surface area contributed by atoms with Gasteiger partial charge in [0.25, 0.3) is 0 Å². The summed E-state index contributed by atoms with van der Waals surface area (Å²) in [5.74, 6) is 6.22. The molecule has 1 unspecified atom stereocenters. The number of allylic oxidation sites excluding steroid dienone is 1. The molecule has 0 spiro atoms. The van der Waals surface area contributed by atoms with E-state index in [4.69, 9.17) is 11.6 Å². The topological polar surface area (TPSA) is 94.8 Å². The number of halogens is 3. The summed E-state index contributed by atoms with van der Waals surface area (Å²) in [5.41, 5.74) is 11.2. The molecule has 2 heterocycles. The smallest absolute Gasteiger partial charge is 0.397 e. The highest BCUT2D eigenvalue weighted by molar-refractivity contribution is 5.69. The highest BCUT2D eigenvalue weighted by atomic mass is 19.4. The number of rotatable bonds is 6. The van der Waals surface area contributed by atoms with Crippen LogP contribution in [0.1, 0.15) is 53.4 Å². The second kappa shape index (κ2) is 8.22. The third-order valence-corrected chi connectivity index (χ3v) is 6.51. The van der Waals surface area contributed by atoms with Gasteiger partial charge in [-0.05, 0) is 60.4 Å². The molecule has 1 fully saturated rings. The number of hydrazine groups is 1. The van der Waals surface area contributed by atoms with E-state index in [2.05, 4.69) is 28.2 Å². The van der Waals surface area contributed by atoms with E-state index in [1.54, 1.807) is 11.8 Å². The highest BCUT2D eigenvalue weighted by Gasteiger charge is 2.36. The van der Waals surface area contributed by atoms with E-state index in [1.165, 1.54) is 47.9 Å². The minimum atomic E-state index is -4.69. The summed E-state index contributed by atoms with van der Waals surface area (Å²) in [6, 6.07) is 9.82. The first-order valence-electron chi connectivity index (χ1n) is 11.0. The van der Waals surface area contributed by atoms with Crippen molar-refractivity contribution < 1.29 is 13.2 Å². The number of nitrogens with one attached hydrogen (secondary N) is 1. The first-order valence-corrected chi connectivity index (χ1v) is 11.0. The summed E-state index contributed by atoms with van der Waals surface area (Å²) in [4.78, 5) is 8.69. The van der Waals surface area contributed by atoms with Crippen molar-refractivity contribution >= 4 is 5.70 Å². The number of nitrogens with zero attached hydrogens (tertiary/aromatic N) is 3. The Hall–Kier alpha value is -3.33. The van der Waals surface area contributed by atoms with Crippen LogP contribution >= 0.6 is 0 Å². The molecule has 6 nitrogen and oxygen atoms in total. The maximum atomic E-state index is 13.1. The van der Waals surface area contributed by atoms with Gasteiger partial charge in [-0.3, -0.25) is 10.8 Å². The molecule has 3 aromatic rings. The Morgan fingerprint density at radius 3 is 2.64 bits per heavy atom. The molecule has 9 heteroatoms. The van der Waals surface area contributed by atoms with Crippen molar-refractivity contribution in [1.82, 2.24) is 20.0 Å². The van der Waals surface area contributed by atoms with E-state index in [0.29, 0.717) is 17.3 Å². The van der Waals surface area contributed by atoms with Crippen LogP contribution < -0.4 is 17.0 Å². The van der Waals surface area contributed by atoms with Gasteiger partial charge in [-0.1, -0.05) is 18.2 Å². The van der Waals surface area contributed by atoms with Crippen molar-refractivity contribution in [2.24, 2.45) is 11.6 Å². The third-order valence-electron chi connectivity index (χ3n) is 6.51. The van der Waals surface area contributed by atoms with Gasteiger partial charge >= 0.3 is 6.18 Å². The summed E-state index contributed by atoms with van der Waals surface area (Å²) in [5, 5.41) is 0. The number of alkyl halides is 3. The van der Waals surface area contributed by atoms with Crippen LogP contribution in [0.15, 0.2) is 54.7 Å². The zero-order chi connectivity index (χ0) is 23.2. The summed E-state index contributed by atoms with van der Waals surface area (Å²) >= 11 is 0. The van der Waals surface area contributed by atoms with Crippen molar-refractivity contribution in [2.75, 3.05) is 0 Å². The first kappa shape index (κ1) is 21.5. The van der Waals surface area contributed by atoms with Gasteiger partial charge in [0.15, 0.2) is 5.70 Å². The maximum absolute atomic E-state index is 13.1. The van der Waals surface area contributed by atoms with Gasteiger partial charge in [0.05, 0.1) is 17.7 Å². The molecule has 0 aliphatic heterocycles. The molecule has 1 atom stereocenters. The molecule has 5 rings (SSSR count). The molecule has 2 aromatic heterocycles. The summed E-state index contributed by atoms with van der Waals surface area (Å²) < 4.78 is 41.4. The number of hydrogen-bond acceptors (Lipinski definition) is 5. The van der Waals surface area contributed by atoms with Gasteiger partial charge in [0, 0.05) is 30.4 Å². The Kier molecular flexibility index (Phi) is 5.36. The third kappa shape index (κ3) is 4.32. The van der Waals surface area contributed by atoms with Gasteiger partial charge in [-0.2, -0.15) is 13.2 Å². The van der Waals surface area contributed by atoms with E-state index >= 15 is 0 Å². The molecule has 33 heavy (non-hydrogen) atoms. The predicted octanol–water partition coefficient (Wildman–Crippen LogP) is 4.21. The number of benzene rings is 1. The monoisotopic (exact) mass is 454 g/mol. The van der Waals surface area contributed by atoms with Crippen LogP contribution in [0.3, 0.4) is 0 Å². The largest absolute Gasteiger partial charge is 0.434 e. The van der Waals surface area contributed by atoms with Gasteiger partial charge < -0.3 is 15.7 Å². The highest BCUT2D eigenvalue weighted by Crippen LogP contribution is 2.43. The van der Waals surface area contributed by atoms with Crippen molar-refractivity contribution in [3.8, 4) is 11.4 Å². The van der Waals surface area contributed by atoms with Crippen LogP contribution in [0.2, 0.25) is 0 Å². The van der Waals surface area contributed by atoms with Gasteiger partial charge in [0.1, 0.15) is 5.69 Å². The predicted molar refractivity (Wildman–Crippen MR) is 119 cm³/mol. The lowest BCUT2D eigenvalue weighted by Crippen LogP contribution is -2.34. The van der Waals surface area contributed by atoms with Crippen LogP contribution in [-0.2, 0) is 13.0 Å². The van der Waals surface area contributed by atoms with E-state index in [-0.39, 0.29) is 5.56 Å².